The second-order valence-electron chi connectivity index (χ2n) is 9.26. The molecular weight excluding hydrogens is 452 g/mol. The number of methoxy groups -OCH3 is 2. The molecule has 2 aromatic carbocycles. The van der Waals surface area contributed by atoms with Crippen molar-refractivity contribution in [3.63, 3.8) is 0 Å². The third-order valence-corrected chi connectivity index (χ3v) is 8.71. The first kappa shape index (κ1) is 22.8. The molecule has 0 atom stereocenters. The van der Waals surface area contributed by atoms with Crippen molar-refractivity contribution in [3.05, 3.63) is 65.4 Å². The number of fused-ring (bicyclic) bond motifs is 1. The van der Waals surface area contributed by atoms with E-state index in [1.807, 2.05) is 25.1 Å². The molecule has 3 aromatic rings. The number of aryl methyl sites for hydroxylation is 1. The topological polar surface area (TPSA) is 94.6 Å². The van der Waals surface area contributed by atoms with E-state index in [4.69, 9.17) is 9.47 Å². The predicted octanol–water partition coefficient (Wildman–Crippen LogP) is 4.11. The minimum atomic E-state index is -4.11. The first-order valence-electron chi connectivity index (χ1n) is 11.4. The summed E-state index contributed by atoms with van der Waals surface area (Å²) in [5, 5.41) is 0.477. The summed E-state index contributed by atoms with van der Waals surface area (Å²) in [5.41, 5.74) is 1.75. The van der Waals surface area contributed by atoms with Crippen LogP contribution < -0.4 is 9.46 Å². The van der Waals surface area contributed by atoms with Crippen LogP contribution in [0.5, 0.6) is 5.75 Å². The van der Waals surface area contributed by atoms with Crippen LogP contribution >= 0.6 is 0 Å². The van der Waals surface area contributed by atoms with Gasteiger partial charge in [0.15, 0.2) is 0 Å². The zero-order valence-electron chi connectivity index (χ0n) is 19.6. The van der Waals surface area contributed by atoms with Gasteiger partial charge in [-0.25, -0.2) is 13.1 Å². The van der Waals surface area contributed by atoms with Crippen molar-refractivity contribution in [2.45, 2.75) is 54.9 Å². The Labute approximate surface area is 199 Å². The van der Waals surface area contributed by atoms with Gasteiger partial charge in [0, 0.05) is 23.8 Å². The third kappa shape index (κ3) is 3.56. The van der Waals surface area contributed by atoms with Crippen LogP contribution in [0.15, 0.2) is 53.4 Å². The molecule has 178 valence electrons. The molecule has 0 radical (unpaired) electrons. The van der Waals surface area contributed by atoms with Gasteiger partial charge in [-0.05, 0) is 81.0 Å². The quantitative estimate of drug-likeness (QED) is 0.547. The molecule has 1 aromatic heterocycles. The maximum Gasteiger partial charge on any atom is 0.264 e. The highest BCUT2D eigenvalue weighted by molar-refractivity contribution is 7.90. The molecule has 5 rings (SSSR count). The van der Waals surface area contributed by atoms with Gasteiger partial charge in [-0.1, -0.05) is 12.1 Å². The maximum absolute atomic E-state index is 13.5. The molecule has 1 amide bonds. The fourth-order valence-corrected chi connectivity index (χ4v) is 6.22. The van der Waals surface area contributed by atoms with E-state index in [0.717, 1.165) is 30.5 Å². The summed E-state index contributed by atoms with van der Waals surface area (Å²) in [7, 11) is -0.848. The Kier molecular flexibility index (Phi) is 5.41. The van der Waals surface area contributed by atoms with Crippen molar-refractivity contribution in [1.82, 2.24) is 9.71 Å². The lowest BCUT2D eigenvalue weighted by atomic mass is 9.73. The average molecular weight is 481 g/mol. The number of pyridine rings is 1. The lowest BCUT2D eigenvalue weighted by Crippen LogP contribution is -2.40. The van der Waals surface area contributed by atoms with E-state index in [0.29, 0.717) is 35.1 Å². The predicted molar refractivity (Wildman–Crippen MR) is 128 cm³/mol. The lowest BCUT2D eigenvalue weighted by molar-refractivity contribution is -0.121. The van der Waals surface area contributed by atoms with Crippen molar-refractivity contribution in [2.75, 3.05) is 14.2 Å². The molecule has 1 heterocycles. The molecule has 8 heteroatoms. The first-order chi connectivity index (χ1) is 16.2. The molecule has 7 nitrogen and oxygen atoms in total. The van der Waals surface area contributed by atoms with Crippen LogP contribution in [-0.4, -0.2) is 33.5 Å². The van der Waals surface area contributed by atoms with Gasteiger partial charge in [0.25, 0.3) is 10.0 Å². The number of nitrogens with one attached hydrogen (secondary N) is 1. The second-order valence-corrected chi connectivity index (χ2v) is 10.9. The number of benzene rings is 2. The van der Waals surface area contributed by atoms with Crippen LogP contribution in [0.1, 0.15) is 48.9 Å². The molecule has 2 saturated carbocycles. The highest BCUT2D eigenvalue weighted by Crippen LogP contribution is 2.54. The van der Waals surface area contributed by atoms with Crippen molar-refractivity contribution < 1.29 is 22.7 Å². The van der Waals surface area contributed by atoms with Crippen molar-refractivity contribution in [1.29, 1.82) is 0 Å². The Hall–Kier alpha value is -2.97. The Bertz CT molecular complexity index is 1390. The summed E-state index contributed by atoms with van der Waals surface area (Å²) in [4.78, 5) is 17.9. The Morgan fingerprint density at radius 3 is 2.41 bits per heavy atom. The smallest absolute Gasteiger partial charge is 0.264 e. The Morgan fingerprint density at radius 1 is 1.03 bits per heavy atom. The van der Waals surface area contributed by atoms with Crippen LogP contribution in [0.25, 0.3) is 10.9 Å². The molecular formula is C26H28N2O5S. The van der Waals surface area contributed by atoms with E-state index in [1.54, 1.807) is 38.5 Å². The molecule has 0 unspecified atom stereocenters. The Balaban J connectivity index is 1.50. The molecule has 0 aliphatic heterocycles. The number of carbonyl (C=O) groups is 1. The summed E-state index contributed by atoms with van der Waals surface area (Å²) < 4.78 is 40.4. The van der Waals surface area contributed by atoms with Crippen LogP contribution in [0.2, 0.25) is 0 Å². The molecule has 2 aliphatic rings. The van der Waals surface area contributed by atoms with E-state index >= 15 is 0 Å². The van der Waals surface area contributed by atoms with Gasteiger partial charge < -0.3 is 9.47 Å². The fourth-order valence-electron chi connectivity index (χ4n) is 4.96. The van der Waals surface area contributed by atoms with Crippen molar-refractivity contribution >= 4 is 26.8 Å². The van der Waals surface area contributed by atoms with Crippen LogP contribution in [-0.2, 0) is 30.6 Å². The first-order valence-corrected chi connectivity index (χ1v) is 12.9. The van der Waals surface area contributed by atoms with Gasteiger partial charge in [-0.15, -0.1) is 0 Å². The van der Waals surface area contributed by atoms with E-state index in [2.05, 4.69) is 9.71 Å². The van der Waals surface area contributed by atoms with Gasteiger partial charge in [0.1, 0.15) is 5.75 Å². The van der Waals surface area contributed by atoms with Gasteiger partial charge in [0.05, 0.1) is 28.5 Å². The molecule has 2 aliphatic carbocycles. The summed E-state index contributed by atoms with van der Waals surface area (Å²) in [6.07, 6.45) is 4.00. The van der Waals surface area contributed by atoms with E-state index in [1.165, 1.54) is 6.07 Å². The fraction of sp³-hybridized carbons (Fsp3) is 0.385. The summed E-state index contributed by atoms with van der Waals surface area (Å²) in [6.45, 7) is 1.85. The van der Waals surface area contributed by atoms with Crippen LogP contribution in [0.3, 0.4) is 0 Å². The minimum Gasteiger partial charge on any atom is -0.496 e. The number of hydrogen-bond acceptors (Lipinski definition) is 6. The molecule has 0 bridgehead atoms. The monoisotopic (exact) mass is 480 g/mol. The number of ether oxygens (including phenoxy) is 2. The summed E-state index contributed by atoms with van der Waals surface area (Å²) in [5.74, 6) is 0.0318. The molecule has 0 spiro atoms. The van der Waals surface area contributed by atoms with Gasteiger partial charge >= 0.3 is 0 Å². The number of hydrogen-bond donors (Lipinski definition) is 1. The second kappa shape index (κ2) is 8.06. The summed E-state index contributed by atoms with van der Waals surface area (Å²) >= 11 is 0. The lowest BCUT2D eigenvalue weighted by Gasteiger charge is -2.41. The SMILES string of the molecule is COc1ccc(C2(OC)CCC2)cc1C1(C(=O)NS(=O)(=O)c2cccc3nc(C)ccc23)CC1. The van der Waals surface area contributed by atoms with E-state index in [-0.39, 0.29) is 10.5 Å². The van der Waals surface area contributed by atoms with Crippen LogP contribution in [0, 0.1) is 6.92 Å². The number of rotatable bonds is 7. The molecule has 1 N–H and O–H groups in total. The number of nitrogens with zero attached hydrogens (tertiary/aromatic N) is 1. The maximum atomic E-state index is 13.5. The van der Waals surface area contributed by atoms with Crippen molar-refractivity contribution in [3.8, 4) is 5.75 Å². The summed E-state index contributed by atoms with van der Waals surface area (Å²) in [6, 6.07) is 14.2. The zero-order chi connectivity index (χ0) is 24.1. The van der Waals surface area contributed by atoms with Crippen molar-refractivity contribution in [2.24, 2.45) is 0 Å². The van der Waals surface area contributed by atoms with E-state index in [9.17, 15) is 13.2 Å². The largest absolute Gasteiger partial charge is 0.496 e. The molecule has 34 heavy (non-hydrogen) atoms. The van der Waals surface area contributed by atoms with Gasteiger partial charge in [0.2, 0.25) is 5.91 Å². The number of sulfonamides is 1. The zero-order valence-corrected chi connectivity index (χ0v) is 20.4. The van der Waals surface area contributed by atoms with Gasteiger partial charge in [-0.2, -0.15) is 0 Å². The average Bonchev–Trinajstić information content (AvgIpc) is 3.60. The molecule has 2 fully saturated rings. The highest BCUT2D eigenvalue weighted by Gasteiger charge is 2.54. The number of aromatic nitrogens is 1. The van der Waals surface area contributed by atoms with Crippen LogP contribution in [0.4, 0.5) is 0 Å². The molecule has 0 saturated heterocycles. The van der Waals surface area contributed by atoms with Gasteiger partial charge in [-0.3, -0.25) is 9.78 Å². The number of carbonyl (C=O) groups excluding carboxylic acids is 1. The Morgan fingerprint density at radius 2 is 1.79 bits per heavy atom. The van der Waals surface area contributed by atoms with E-state index < -0.39 is 21.3 Å². The number of amides is 1. The third-order valence-electron chi connectivity index (χ3n) is 7.33. The minimum absolute atomic E-state index is 0.0372. The normalized spacial score (nSPS) is 18.2. The highest BCUT2D eigenvalue weighted by atomic mass is 32.2. The standard InChI is InChI=1S/C26H28N2O5S/c1-17-8-10-19-21(27-17)6-4-7-23(19)34(30,31)28-24(29)25(14-15-25)20-16-18(9-11-22(20)32-2)26(33-3)12-5-13-26/h4,6-11,16H,5,12-15H2,1-3H3,(H,28,29).